The Morgan fingerprint density at radius 1 is 1.24 bits per heavy atom. The maximum Gasteiger partial charge on any atom is 0.319 e. The Morgan fingerprint density at radius 3 is 2.24 bits per heavy atom. The molecule has 0 aliphatic heterocycles. The van der Waals surface area contributed by atoms with E-state index in [4.69, 9.17) is 4.74 Å². The van der Waals surface area contributed by atoms with Gasteiger partial charge in [-0.2, -0.15) is 0 Å². The number of alkyl halides is 5. The molecular weight excluding hydrogens is 315 g/mol. The summed E-state index contributed by atoms with van der Waals surface area (Å²) in [5, 5.41) is -0.505. The maximum absolute atomic E-state index is 13.1. The highest BCUT2D eigenvalue weighted by Gasteiger charge is 2.45. The molecule has 0 aromatic carbocycles. The average molecular weight is 336 g/mol. The van der Waals surface area contributed by atoms with E-state index in [9.17, 15) is 26.7 Å². The first-order chi connectivity index (χ1) is 9.63. The molecule has 0 saturated heterocycles. The van der Waals surface area contributed by atoms with E-state index in [1.165, 1.54) is 0 Å². The Kier molecular flexibility index (Phi) is 9.24. The van der Waals surface area contributed by atoms with Gasteiger partial charge in [0.2, 0.25) is 6.17 Å². The van der Waals surface area contributed by atoms with Gasteiger partial charge >= 0.3 is 5.97 Å². The molecule has 0 aliphatic carbocycles. The van der Waals surface area contributed by atoms with Crippen molar-refractivity contribution in [2.45, 2.75) is 57.4 Å². The highest BCUT2D eigenvalue weighted by molar-refractivity contribution is 8.00. The number of hydrogen-bond donors (Lipinski definition) is 0. The number of esters is 1. The first-order valence-corrected chi connectivity index (χ1v) is 7.76. The molecule has 8 heteroatoms. The van der Waals surface area contributed by atoms with Crippen molar-refractivity contribution in [2.75, 3.05) is 12.4 Å². The van der Waals surface area contributed by atoms with Crippen LogP contribution in [0.3, 0.4) is 0 Å². The van der Waals surface area contributed by atoms with E-state index in [1.807, 2.05) is 0 Å². The molecule has 0 bridgehead atoms. The van der Waals surface area contributed by atoms with Crippen molar-refractivity contribution in [1.29, 1.82) is 0 Å². The van der Waals surface area contributed by atoms with E-state index in [0.29, 0.717) is 0 Å². The second-order valence-electron chi connectivity index (χ2n) is 4.89. The predicted molar refractivity (Wildman–Crippen MR) is 72.8 cm³/mol. The lowest BCUT2D eigenvalue weighted by atomic mass is 10.1. The van der Waals surface area contributed by atoms with Gasteiger partial charge in [0.25, 0.3) is 12.3 Å². The Balaban J connectivity index is 4.25. The van der Waals surface area contributed by atoms with Gasteiger partial charge in [0, 0.05) is 6.42 Å². The van der Waals surface area contributed by atoms with Crippen molar-refractivity contribution < 1.29 is 31.5 Å². The Labute approximate surface area is 125 Å². The molecule has 0 fully saturated rings. The molecule has 0 N–H and O–H groups in total. The van der Waals surface area contributed by atoms with Crippen LogP contribution >= 0.6 is 11.8 Å². The van der Waals surface area contributed by atoms with Gasteiger partial charge < -0.3 is 4.74 Å². The minimum Gasteiger partial charge on any atom is -0.465 e. The fraction of sp³-hybridized carbons (Fsp3) is 0.923. The number of thioether (sulfide) groups is 1. The van der Waals surface area contributed by atoms with E-state index < -0.39 is 36.2 Å². The minimum atomic E-state index is -4.05. The van der Waals surface area contributed by atoms with Crippen molar-refractivity contribution in [1.82, 2.24) is 0 Å². The first-order valence-electron chi connectivity index (χ1n) is 6.71. The summed E-state index contributed by atoms with van der Waals surface area (Å²) in [5.74, 6) is -4.39. The van der Waals surface area contributed by atoms with Crippen LogP contribution in [0.25, 0.3) is 0 Å². The van der Waals surface area contributed by atoms with E-state index in [0.717, 1.165) is 11.8 Å². The summed E-state index contributed by atoms with van der Waals surface area (Å²) in [4.78, 5) is 11.6. The van der Waals surface area contributed by atoms with Crippen molar-refractivity contribution in [3.05, 3.63) is 0 Å². The standard InChI is InChI=1S/C13H21F5O2S/c1-4-20-12(19)9(8(2)3)21-7-5-6-13(17,18)10(14)11(15)16/h8-11H,4-7H2,1-3H3. The van der Waals surface area contributed by atoms with Crippen molar-refractivity contribution in [3.63, 3.8) is 0 Å². The molecular formula is C13H21F5O2S. The van der Waals surface area contributed by atoms with E-state index in [1.54, 1.807) is 20.8 Å². The summed E-state index contributed by atoms with van der Waals surface area (Å²) in [5.41, 5.74) is 0. The molecule has 0 saturated carbocycles. The minimum absolute atomic E-state index is 0.0513. The fourth-order valence-electron chi connectivity index (χ4n) is 1.60. The number of carbonyl (C=O) groups is 1. The van der Waals surface area contributed by atoms with Crippen LogP contribution in [-0.4, -0.2) is 42.1 Å². The van der Waals surface area contributed by atoms with Crippen LogP contribution in [0, 0.1) is 5.92 Å². The SMILES string of the molecule is CCOC(=O)C(SCCCC(F)(F)C(F)C(F)F)C(C)C. The summed E-state index contributed by atoms with van der Waals surface area (Å²) in [6.45, 7) is 5.46. The second-order valence-corrected chi connectivity index (χ2v) is 6.14. The fourth-order valence-corrected chi connectivity index (χ4v) is 2.75. The van der Waals surface area contributed by atoms with Crippen LogP contribution in [0.2, 0.25) is 0 Å². The zero-order valence-corrected chi connectivity index (χ0v) is 13.1. The lowest BCUT2D eigenvalue weighted by Gasteiger charge is -2.21. The third-order valence-electron chi connectivity index (χ3n) is 2.70. The van der Waals surface area contributed by atoms with Gasteiger partial charge in [0.1, 0.15) is 5.25 Å². The van der Waals surface area contributed by atoms with E-state index >= 15 is 0 Å². The molecule has 21 heavy (non-hydrogen) atoms. The molecule has 0 spiro atoms. The number of carbonyl (C=O) groups excluding carboxylic acids is 1. The summed E-state index contributed by atoms with van der Waals surface area (Å²) in [7, 11) is 0. The quantitative estimate of drug-likeness (QED) is 0.337. The Bertz CT molecular complexity index is 313. The highest BCUT2D eigenvalue weighted by Crippen LogP contribution is 2.32. The van der Waals surface area contributed by atoms with Gasteiger partial charge in [-0.25, -0.2) is 22.0 Å². The van der Waals surface area contributed by atoms with Crippen molar-refractivity contribution in [2.24, 2.45) is 5.92 Å². The molecule has 0 aromatic heterocycles. The van der Waals surface area contributed by atoms with Gasteiger partial charge in [-0.05, 0) is 25.0 Å². The van der Waals surface area contributed by atoms with Crippen molar-refractivity contribution >= 4 is 17.7 Å². The zero-order chi connectivity index (χ0) is 16.6. The summed E-state index contributed by atoms with van der Waals surface area (Å²) in [6.07, 6.45) is -8.28. The Morgan fingerprint density at radius 2 is 1.81 bits per heavy atom. The van der Waals surface area contributed by atoms with Crippen LogP contribution in [-0.2, 0) is 9.53 Å². The van der Waals surface area contributed by atoms with Gasteiger partial charge in [-0.1, -0.05) is 13.8 Å². The van der Waals surface area contributed by atoms with Crippen molar-refractivity contribution in [3.8, 4) is 0 Å². The second kappa shape index (κ2) is 9.48. The zero-order valence-electron chi connectivity index (χ0n) is 12.3. The smallest absolute Gasteiger partial charge is 0.319 e. The average Bonchev–Trinajstić information content (AvgIpc) is 2.37. The topological polar surface area (TPSA) is 26.3 Å². The van der Waals surface area contributed by atoms with Gasteiger partial charge in [-0.15, -0.1) is 11.8 Å². The highest BCUT2D eigenvalue weighted by atomic mass is 32.2. The van der Waals surface area contributed by atoms with Gasteiger partial charge in [0.05, 0.1) is 6.61 Å². The summed E-state index contributed by atoms with van der Waals surface area (Å²) >= 11 is 1.12. The van der Waals surface area contributed by atoms with Gasteiger partial charge in [-0.3, -0.25) is 4.79 Å². The third kappa shape index (κ3) is 7.33. The molecule has 0 heterocycles. The van der Waals surface area contributed by atoms with E-state index in [-0.39, 0.29) is 24.7 Å². The lowest BCUT2D eigenvalue weighted by molar-refractivity contribution is -0.143. The van der Waals surface area contributed by atoms with Crippen LogP contribution in [0.4, 0.5) is 22.0 Å². The third-order valence-corrected chi connectivity index (χ3v) is 4.32. The molecule has 0 rings (SSSR count). The summed E-state index contributed by atoms with van der Waals surface area (Å²) < 4.78 is 67.6. The largest absolute Gasteiger partial charge is 0.465 e. The molecule has 126 valence electrons. The number of halogens is 5. The Hall–Kier alpha value is -0.530. The first kappa shape index (κ1) is 20.5. The molecule has 0 aliphatic rings. The normalized spacial score (nSPS) is 15.3. The van der Waals surface area contributed by atoms with Crippen LogP contribution < -0.4 is 0 Å². The van der Waals surface area contributed by atoms with Crippen LogP contribution in [0.15, 0.2) is 0 Å². The molecule has 0 aromatic rings. The molecule has 2 unspecified atom stereocenters. The molecule has 0 radical (unpaired) electrons. The van der Waals surface area contributed by atoms with Crippen LogP contribution in [0.1, 0.15) is 33.6 Å². The number of hydrogen-bond acceptors (Lipinski definition) is 3. The number of ether oxygens (including phenoxy) is 1. The predicted octanol–water partition coefficient (Wildman–Crippen LogP) is 4.33. The van der Waals surface area contributed by atoms with Gasteiger partial charge in [0.15, 0.2) is 0 Å². The molecule has 0 amide bonds. The van der Waals surface area contributed by atoms with E-state index in [2.05, 4.69) is 0 Å². The summed E-state index contributed by atoms with van der Waals surface area (Å²) in [6, 6.07) is 0. The van der Waals surface area contributed by atoms with Crippen LogP contribution in [0.5, 0.6) is 0 Å². The molecule has 2 nitrogen and oxygen atoms in total. The monoisotopic (exact) mass is 336 g/mol. The maximum atomic E-state index is 13.1. The lowest BCUT2D eigenvalue weighted by Crippen LogP contribution is -2.35. The number of rotatable bonds is 10. The molecule has 2 atom stereocenters.